The Morgan fingerprint density at radius 2 is 1.92 bits per heavy atom. The number of carbonyl (C=O) groups is 2. The first-order chi connectivity index (χ1) is 17.3. The molecule has 10 heteroatoms. The third-order valence-electron chi connectivity index (χ3n) is 7.21. The van der Waals surface area contributed by atoms with Crippen LogP contribution in [0, 0.1) is 0 Å². The number of aromatic nitrogens is 3. The molecule has 2 aliphatic rings. The summed E-state index contributed by atoms with van der Waals surface area (Å²) in [7, 11) is 0. The summed E-state index contributed by atoms with van der Waals surface area (Å²) < 4.78 is 11.7. The fourth-order valence-electron chi connectivity index (χ4n) is 4.60. The van der Waals surface area contributed by atoms with Crippen molar-refractivity contribution in [2.24, 2.45) is 5.73 Å². The number of fused-ring (bicyclic) bond motifs is 2. The summed E-state index contributed by atoms with van der Waals surface area (Å²) in [6, 6.07) is 5.37. The van der Waals surface area contributed by atoms with Crippen LogP contribution in [-0.4, -0.2) is 56.5 Å². The first kappa shape index (κ1) is 24.9. The van der Waals surface area contributed by atoms with Crippen LogP contribution in [0.25, 0.3) is 10.8 Å². The number of likely N-dealkylation sites (tertiary alicyclic amines) is 1. The number of pyridine rings is 3. The highest BCUT2D eigenvalue weighted by Gasteiger charge is 2.40. The molecule has 0 saturated carbocycles. The number of nitrogens with one attached hydrogen (secondary N) is 1. The molecule has 0 aliphatic carbocycles. The summed E-state index contributed by atoms with van der Waals surface area (Å²) in [5.74, 6) is 1.18. The Hall–Kier alpha value is -3.79. The van der Waals surface area contributed by atoms with Gasteiger partial charge in [0.15, 0.2) is 0 Å². The van der Waals surface area contributed by atoms with Gasteiger partial charge in [-0.1, -0.05) is 6.92 Å². The van der Waals surface area contributed by atoms with E-state index >= 15 is 0 Å². The number of anilines is 2. The van der Waals surface area contributed by atoms with Crippen LogP contribution >= 0.6 is 0 Å². The van der Waals surface area contributed by atoms with E-state index in [0.29, 0.717) is 41.9 Å². The van der Waals surface area contributed by atoms with Crippen molar-refractivity contribution in [3.63, 3.8) is 0 Å². The lowest BCUT2D eigenvalue weighted by Gasteiger charge is -2.38. The molecule has 1 fully saturated rings. The predicted octanol–water partition coefficient (Wildman–Crippen LogP) is 3.62. The lowest BCUT2D eigenvalue weighted by Crippen LogP contribution is -2.55. The summed E-state index contributed by atoms with van der Waals surface area (Å²) in [6.45, 7) is 12.2. The van der Waals surface area contributed by atoms with Gasteiger partial charge in [0.05, 0.1) is 29.7 Å². The zero-order chi connectivity index (χ0) is 26.7. The number of nitrogens with two attached hydrogens (primary N) is 1. The molecule has 0 spiro atoms. The highest BCUT2D eigenvalue weighted by Crippen LogP contribution is 2.38. The van der Waals surface area contributed by atoms with Crippen molar-refractivity contribution < 1.29 is 19.1 Å². The molecule has 37 heavy (non-hydrogen) atoms. The summed E-state index contributed by atoms with van der Waals surface area (Å²) in [6.07, 6.45) is 3.32. The molecule has 0 aromatic carbocycles. The first-order valence-corrected chi connectivity index (χ1v) is 12.3. The fraction of sp³-hybridized carbons (Fsp3) is 0.444. The average molecular weight is 505 g/mol. The van der Waals surface area contributed by atoms with Crippen LogP contribution in [0.2, 0.25) is 0 Å². The molecule has 3 aromatic rings. The van der Waals surface area contributed by atoms with Gasteiger partial charge in [-0.25, -0.2) is 19.7 Å². The van der Waals surface area contributed by atoms with E-state index < -0.39 is 11.1 Å². The zero-order valence-electron chi connectivity index (χ0n) is 22.0. The Kier molecular flexibility index (Phi) is 5.82. The quantitative estimate of drug-likeness (QED) is 0.500. The normalized spacial score (nSPS) is 19.2. The number of esters is 1. The number of amides is 1. The molecule has 1 saturated heterocycles. The summed E-state index contributed by atoms with van der Waals surface area (Å²) >= 11 is 0. The van der Waals surface area contributed by atoms with Crippen molar-refractivity contribution in [1.29, 1.82) is 0 Å². The highest BCUT2D eigenvalue weighted by atomic mass is 16.6. The molecule has 3 N–H and O–H groups in total. The van der Waals surface area contributed by atoms with E-state index in [2.05, 4.69) is 15.3 Å². The number of carbonyl (C=O) groups excluding carboxylic acids is 2. The lowest BCUT2D eigenvalue weighted by molar-refractivity contribution is -0.137. The molecule has 0 radical (unpaired) electrons. The maximum absolute atomic E-state index is 12.4. The molecule has 0 unspecified atom stereocenters. The number of rotatable bonds is 5. The monoisotopic (exact) mass is 504 g/mol. The Morgan fingerprint density at radius 1 is 1.19 bits per heavy atom. The Labute approximate surface area is 215 Å². The molecule has 3 aromatic heterocycles. The van der Waals surface area contributed by atoms with E-state index in [1.165, 1.54) is 0 Å². The van der Waals surface area contributed by atoms with Crippen LogP contribution in [0.4, 0.5) is 11.6 Å². The number of ether oxygens (including phenoxy) is 2. The first-order valence-electron chi connectivity index (χ1n) is 12.3. The van der Waals surface area contributed by atoms with Crippen LogP contribution in [0.1, 0.15) is 69.1 Å². The summed E-state index contributed by atoms with van der Waals surface area (Å²) in [5.41, 5.74) is 7.18. The van der Waals surface area contributed by atoms with Gasteiger partial charge in [0.25, 0.3) is 0 Å². The molecule has 2 aliphatic heterocycles. The van der Waals surface area contributed by atoms with Crippen LogP contribution in [-0.2, 0) is 15.1 Å². The second-order valence-electron chi connectivity index (χ2n) is 10.9. The molecule has 1 atom stereocenters. The van der Waals surface area contributed by atoms with E-state index in [1.807, 2.05) is 40.7 Å². The average Bonchev–Trinajstić information content (AvgIpc) is 2.78. The standard InChI is InChI=1S/C27H32N6O4/c1-14-23-17(25(35)37-27(14,5)6)7-8-21(32-23)31-22-9-18-19(10-29-22)24(30-11-20(18)26(3,4)28)36-16-12-33(13-16)15(2)34/h7-11,14,16H,12-13,28H2,1-6H3,(H,29,31,32)/t14-/m1/s1. The number of cyclic esters (lactones) is 1. The topological polar surface area (TPSA) is 133 Å². The largest absolute Gasteiger partial charge is 0.470 e. The minimum absolute atomic E-state index is 0.0286. The minimum atomic E-state index is -0.657. The van der Waals surface area contributed by atoms with Crippen LogP contribution in [0.3, 0.4) is 0 Å². The molecule has 5 heterocycles. The van der Waals surface area contributed by atoms with Gasteiger partial charge in [0.2, 0.25) is 11.8 Å². The smallest absolute Gasteiger partial charge is 0.340 e. The maximum Gasteiger partial charge on any atom is 0.340 e. The van der Waals surface area contributed by atoms with Gasteiger partial charge in [-0.3, -0.25) is 4.79 Å². The van der Waals surface area contributed by atoms with E-state index in [4.69, 9.17) is 20.2 Å². The van der Waals surface area contributed by atoms with Gasteiger partial charge >= 0.3 is 5.97 Å². The van der Waals surface area contributed by atoms with E-state index in [0.717, 1.165) is 16.3 Å². The number of hydrogen-bond acceptors (Lipinski definition) is 9. The maximum atomic E-state index is 12.4. The van der Waals surface area contributed by atoms with Crippen LogP contribution in [0.5, 0.6) is 5.88 Å². The van der Waals surface area contributed by atoms with Gasteiger partial charge in [-0.05, 0) is 56.8 Å². The number of hydrogen-bond donors (Lipinski definition) is 2. The van der Waals surface area contributed by atoms with Crippen molar-refractivity contribution >= 4 is 34.3 Å². The number of nitrogens with zero attached hydrogens (tertiary/aromatic N) is 4. The molecule has 194 valence electrons. The summed E-state index contributed by atoms with van der Waals surface area (Å²) in [5, 5.41) is 4.86. The molecular weight excluding hydrogens is 472 g/mol. The minimum Gasteiger partial charge on any atom is -0.470 e. The summed E-state index contributed by atoms with van der Waals surface area (Å²) in [4.78, 5) is 39.5. The van der Waals surface area contributed by atoms with E-state index in [1.54, 1.807) is 36.4 Å². The van der Waals surface area contributed by atoms with Crippen LogP contribution < -0.4 is 15.8 Å². The second-order valence-corrected chi connectivity index (χ2v) is 10.9. The molecule has 1 amide bonds. The van der Waals surface area contributed by atoms with E-state index in [-0.39, 0.29) is 23.9 Å². The predicted molar refractivity (Wildman–Crippen MR) is 139 cm³/mol. The third-order valence-corrected chi connectivity index (χ3v) is 7.21. The lowest BCUT2D eigenvalue weighted by atomic mass is 9.84. The Balaban J connectivity index is 1.48. The van der Waals surface area contributed by atoms with Gasteiger partial charge in [0.1, 0.15) is 23.3 Å². The van der Waals surface area contributed by atoms with Gasteiger partial charge in [-0.2, -0.15) is 0 Å². The van der Waals surface area contributed by atoms with Crippen LogP contribution in [0.15, 0.2) is 30.6 Å². The van der Waals surface area contributed by atoms with Crippen molar-refractivity contribution in [3.8, 4) is 5.88 Å². The highest BCUT2D eigenvalue weighted by molar-refractivity contribution is 5.93. The van der Waals surface area contributed by atoms with Crippen molar-refractivity contribution in [2.75, 3.05) is 18.4 Å². The molecule has 0 bridgehead atoms. The zero-order valence-corrected chi connectivity index (χ0v) is 22.0. The fourth-order valence-corrected chi connectivity index (χ4v) is 4.60. The second kappa shape index (κ2) is 8.65. The van der Waals surface area contributed by atoms with Gasteiger partial charge in [0, 0.05) is 30.8 Å². The SMILES string of the molecule is CC(=O)N1CC(Oc2ncc(C(C)(C)N)c3cc(Nc4ccc5c(n4)[C@@H](C)C(C)(C)OC5=O)ncc23)C1. The van der Waals surface area contributed by atoms with Gasteiger partial charge < -0.3 is 25.4 Å². The Bertz CT molecular complexity index is 1410. The van der Waals surface area contributed by atoms with Crippen molar-refractivity contribution in [1.82, 2.24) is 19.9 Å². The van der Waals surface area contributed by atoms with Crippen molar-refractivity contribution in [3.05, 3.63) is 47.4 Å². The van der Waals surface area contributed by atoms with Gasteiger partial charge in [-0.15, -0.1) is 0 Å². The van der Waals surface area contributed by atoms with E-state index in [9.17, 15) is 9.59 Å². The molecule has 5 rings (SSSR count). The molecular formula is C27H32N6O4. The van der Waals surface area contributed by atoms with Crippen molar-refractivity contribution in [2.45, 2.75) is 64.7 Å². The molecule has 10 nitrogen and oxygen atoms in total. The third kappa shape index (κ3) is 4.57. The Morgan fingerprint density at radius 3 is 2.59 bits per heavy atom.